The maximum atomic E-state index is 5.59. The highest BCUT2D eigenvalue weighted by Gasteiger charge is 2.19. The highest BCUT2D eigenvalue weighted by molar-refractivity contribution is 5.82. The molecule has 4 aromatic rings. The van der Waals surface area contributed by atoms with E-state index < -0.39 is 0 Å². The van der Waals surface area contributed by atoms with Crippen molar-refractivity contribution in [2.24, 2.45) is 5.73 Å². The summed E-state index contributed by atoms with van der Waals surface area (Å²) in [5.41, 5.74) is 10.8. The lowest BCUT2D eigenvalue weighted by molar-refractivity contribution is 0.316. The molecule has 2 aromatic heterocycles. The molecule has 0 bridgehead atoms. The fraction of sp³-hybridized carbons (Fsp3) is 0.250. The standard InChI is InChI=1S/C24H25N5O/c25-14-16-30-21-13-15-29-23(18-5-2-1-3-6-18)22(28-24(29)27-21)17-9-11-20(12-10-17)26-19-7-4-8-19/h1-3,5-6,9-13,15,19,26H,4,7-8,14,16,25H2. The first-order chi connectivity index (χ1) is 14.8. The third-order valence-corrected chi connectivity index (χ3v) is 5.52. The topological polar surface area (TPSA) is 77.5 Å². The average Bonchev–Trinajstić information content (AvgIpc) is 3.14. The van der Waals surface area contributed by atoms with Crippen LogP contribution in [0, 0.1) is 0 Å². The molecule has 0 aliphatic heterocycles. The largest absolute Gasteiger partial charge is 0.476 e. The minimum atomic E-state index is 0.428. The second-order valence-electron chi connectivity index (χ2n) is 7.60. The zero-order chi connectivity index (χ0) is 20.3. The fourth-order valence-electron chi connectivity index (χ4n) is 3.74. The Kier molecular flexibility index (Phi) is 5.07. The third kappa shape index (κ3) is 3.62. The molecule has 0 atom stereocenters. The van der Waals surface area contributed by atoms with E-state index in [1.54, 1.807) is 0 Å². The second-order valence-corrected chi connectivity index (χ2v) is 7.60. The predicted molar refractivity (Wildman–Crippen MR) is 120 cm³/mol. The number of nitrogens with zero attached hydrogens (tertiary/aromatic N) is 3. The number of fused-ring (bicyclic) bond motifs is 1. The van der Waals surface area contributed by atoms with Crippen molar-refractivity contribution in [3.05, 3.63) is 66.9 Å². The molecule has 6 heteroatoms. The molecule has 1 fully saturated rings. The van der Waals surface area contributed by atoms with Gasteiger partial charge in [0.05, 0.1) is 11.4 Å². The van der Waals surface area contributed by atoms with Gasteiger partial charge < -0.3 is 15.8 Å². The van der Waals surface area contributed by atoms with Crippen LogP contribution in [0.15, 0.2) is 66.9 Å². The number of hydrogen-bond acceptors (Lipinski definition) is 5. The molecule has 3 N–H and O–H groups in total. The first kappa shape index (κ1) is 18.6. The Labute approximate surface area is 175 Å². The van der Waals surface area contributed by atoms with Crippen molar-refractivity contribution >= 4 is 11.5 Å². The molecule has 0 unspecified atom stereocenters. The molecule has 0 radical (unpaired) electrons. The van der Waals surface area contributed by atoms with Crippen LogP contribution < -0.4 is 15.8 Å². The Hall–Kier alpha value is -3.38. The predicted octanol–water partition coefficient (Wildman–Crippen LogP) is 4.37. The van der Waals surface area contributed by atoms with Crippen molar-refractivity contribution in [1.29, 1.82) is 0 Å². The molecule has 1 saturated carbocycles. The van der Waals surface area contributed by atoms with Crippen molar-refractivity contribution in [2.75, 3.05) is 18.5 Å². The summed E-state index contributed by atoms with van der Waals surface area (Å²) in [6.07, 6.45) is 5.79. The third-order valence-electron chi connectivity index (χ3n) is 5.52. The quantitative estimate of drug-likeness (QED) is 0.483. The fourth-order valence-corrected chi connectivity index (χ4v) is 3.74. The molecule has 2 aromatic carbocycles. The van der Waals surface area contributed by atoms with Gasteiger partial charge in [0.2, 0.25) is 11.7 Å². The summed E-state index contributed by atoms with van der Waals surface area (Å²) in [6.45, 7) is 0.876. The van der Waals surface area contributed by atoms with Crippen LogP contribution in [-0.4, -0.2) is 33.6 Å². The van der Waals surface area contributed by atoms with E-state index in [1.165, 1.54) is 19.3 Å². The molecule has 5 rings (SSSR count). The first-order valence-electron chi connectivity index (χ1n) is 10.5. The van der Waals surface area contributed by atoms with E-state index in [2.05, 4.69) is 46.7 Å². The van der Waals surface area contributed by atoms with Crippen LogP contribution in [0.1, 0.15) is 19.3 Å². The van der Waals surface area contributed by atoms with Crippen molar-refractivity contribution in [3.63, 3.8) is 0 Å². The first-order valence-corrected chi connectivity index (χ1v) is 10.5. The van der Waals surface area contributed by atoms with Gasteiger partial charge in [0, 0.05) is 41.7 Å². The highest BCUT2D eigenvalue weighted by Crippen LogP contribution is 2.33. The summed E-state index contributed by atoms with van der Waals surface area (Å²) in [5, 5.41) is 3.59. The van der Waals surface area contributed by atoms with E-state index in [-0.39, 0.29) is 0 Å². The number of rotatable bonds is 7. The molecular weight excluding hydrogens is 374 g/mol. The Morgan fingerprint density at radius 3 is 2.47 bits per heavy atom. The zero-order valence-electron chi connectivity index (χ0n) is 16.8. The molecule has 0 saturated heterocycles. The van der Waals surface area contributed by atoms with Crippen molar-refractivity contribution in [1.82, 2.24) is 14.4 Å². The van der Waals surface area contributed by atoms with Gasteiger partial charge in [-0.15, -0.1) is 0 Å². The second kappa shape index (κ2) is 8.16. The SMILES string of the molecule is NCCOc1ccn2c(-c3ccccc3)c(-c3ccc(NC4CCC4)cc3)nc2n1. The van der Waals surface area contributed by atoms with Gasteiger partial charge in [-0.3, -0.25) is 4.40 Å². The highest BCUT2D eigenvalue weighted by atomic mass is 16.5. The lowest BCUT2D eigenvalue weighted by atomic mass is 9.93. The van der Waals surface area contributed by atoms with E-state index in [1.807, 2.05) is 34.9 Å². The number of hydrogen-bond donors (Lipinski definition) is 2. The molecule has 2 heterocycles. The molecule has 1 aliphatic rings. The van der Waals surface area contributed by atoms with Crippen molar-refractivity contribution < 1.29 is 4.74 Å². The van der Waals surface area contributed by atoms with Crippen molar-refractivity contribution in [3.8, 4) is 28.4 Å². The summed E-state index contributed by atoms with van der Waals surface area (Å²) < 4.78 is 7.61. The van der Waals surface area contributed by atoms with Crippen LogP contribution in [0.3, 0.4) is 0 Å². The number of imidazole rings is 1. The maximum Gasteiger partial charge on any atom is 0.238 e. The van der Waals surface area contributed by atoms with Crippen LogP contribution >= 0.6 is 0 Å². The molecule has 1 aliphatic carbocycles. The van der Waals surface area contributed by atoms with Gasteiger partial charge in [-0.1, -0.05) is 42.5 Å². The Balaban J connectivity index is 1.57. The number of nitrogens with two attached hydrogens (primary N) is 1. The van der Waals surface area contributed by atoms with Crippen molar-refractivity contribution in [2.45, 2.75) is 25.3 Å². The molecule has 0 amide bonds. The average molecular weight is 399 g/mol. The van der Waals surface area contributed by atoms with E-state index in [4.69, 9.17) is 15.5 Å². The number of anilines is 1. The number of nitrogens with one attached hydrogen (secondary N) is 1. The zero-order valence-corrected chi connectivity index (χ0v) is 16.8. The molecule has 30 heavy (non-hydrogen) atoms. The molecule has 0 spiro atoms. The van der Waals surface area contributed by atoms with Crippen LogP contribution in [-0.2, 0) is 0 Å². The van der Waals surface area contributed by atoms with Gasteiger partial charge in [-0.2, -0.15) is 4.98 Å². The monoisotopic (exact) mass is 399 g/mol. The normalized spacial score (nSPS) is 13.9. The number of aromatic nitrogens is 3. The summed E-state index contributed by atoms with van der Waals surface area (Å²) in [7, 11) is 0. The van der Waals surface area contributed by atoms with E-state index >= 15 is 0 Å². The van der Waals surface area contributed by atoms with Crippen LogP contribution in [0.2, 0.25) is 0 Å². The summed E-state index contributed by atoms with van der Waals surface area (Å²) in [5.74, 6) is 1.14. The van der Waals surface area contributed by atoms with Gasteiger partial charge in [-0.05, 0) is 31.4 Å². The van der Waals surface area contributed by atoms with Gasteiger partial charge in [0.1, 0.15) is 6.61 Å². The van der Waals surface area contributed by atoms with E-state index in [0.29, 0.717) is 30.9 Å². The van der Waals surface area contributed by atoms with Gasteiger partial charge in [-0.25, -0.2) is 4.98 Å². The summed E-state index contributed by atoms with van der Waals surface area (Å²) in [6, 6.07) is 21.3. The molecule has 6 nitrogen and oxygen atoms in total. The van der Waals surface area contributed by atoms with E-state index in [9.17, 15) is 0 Å². The molecule has 152 valence electrons. The Bertz CT molecular complexity index is 1130. The number of ether oxygens (including phenoxy) is 1. The Morgan fingerprint density at radius 2 is 1.77 bits per heavy atom. The van der Waals surface area contributed by atoms with E-state index in [0.717, 1.165) is 28.2 Å². The smallest absolute Gasteiger partial charge is 0.238 e. The number of benzene rings is 2. The summed E-state index contributed by atoms with van der Waals surface area (Å²) in [4.78, 5) is 9.45. The Morgan fingerprint density at radius 1 is 0.967 bits per heavy atom. The van der Waals surface area contributed by atoms with Crippen LogP contribution in [0.25, 0.3) is 28.3 Å². The minimum Gasteiger partial charge on any atom is -0.476 e. The molecular formula is C24H25N5O. The van der Waals surface area contributed by atoms with Gasteiger partial charge in [0.25, 0.3) is 0 Å². The van der Waals surface area contributed by atoms with Gasteiger partial charge >= 0.3 is 0 Å². The van der Waals surface area contributed by atoms with Crippen LogP contribution in [0.4, 0.5) is 5.69 Å². The minimum absolute atomic E-state index is 0.428. The lowest BCUT2D eigenvalue weighted by Crippen LogP contribution is -2.26. The van der Waals surface area contributed by atoms with Gasteiger partial charge in [0.15, 0.2) is 0 Å². The maximum absolute atomic E-state index is 5.59. The summed E-state index contributed by atoms with van der Waals surface area (Å²) >= 11 is 0. The van der Waals surface area contributed by atoms with Crippen LogP contribution in [0.5, 0.6) is 5.88 Å². The lowest BCUT2D eigenvalue weighted by Gasteiger charge is -2.27.